The minimum atomic E-state index is -1.69. The summed E-state index contributed by atoms with van der Waals surface area (Å²) in [5, 5.41) is 28.9. The minimum absolute atomic E-state index is 0.0293. The van der Waals surface area contributed by atoms with Crippen molar-refractivity contribution in [2.24, 2.45) is 5.92 Å². The van der Waals surface area contributed by atoms with Crippen molar-refractivity contribution in [3.8, 4) is 0 Å². The molecule has 0 aliphatic carbocycles. The first-order valence-corrected chi connectivity index (χ1v) is 12.8. The van der Waals surface area contributed by atoms with E-state index in [1.165, 1.54) is 0 Å². The van der Waals surface area contributed by atoms with E-state index >= 15 is 0 Å². The lowest BCUT2D eigenvalue weighted by molar-refractivity contribution is -0.139. The molecule has 1 fully saturated rings. The summed E-state index contributed by atoms with van der Waals surface area (Å²) >= 11 is 0. The van der Waals surface area contributed by atoms with Crippen LogP contribution < -0.4 is 9.80 Å². The number of amides is 2. The van der Waals surface area contributed by atoms with Crippen LogP contribution in [0.3, 0.4) is 0 Å². The van der Waals surface area contributed by atoms with Crippen LogP contribution in [-0.4, -0.2) is 57.0 Å². The summed E-state index contributed by atoms with van der Waals surface area (Å²) in [4.78, 5) is 28.7. The first kappa shape index (κ1) is 25.6. The van der Waals surface area contributed by atoms with Crippen molar-refractivity contribution < 1.29 is 24.5 Å². The van der Waals surface area contributed by atoms with E-state index in [-0.39, 0.29) is 18.6 Å². The zero-order valence-electron chi connectivity index (χ0n) is 21.2. The predicted octanol–water partition coefficient (Wildman–Crippen LogP) is 2.79. The van der Waals surface area contributed by atoms with Crippen molar-refractivity contribution in [1.29, 1.82) is 0 Å². The van der Waals surface area contributed by atoms with E-state index in [9.17, 15) is 14.7 Å². The van der Waals surface area contributed by atoms with Gasteiger partial charge in [0, 0.05) is 42.9 Å². The van der Waals surface area contributed by atoms with Gasteiger partial charge in [0.15, 0.2) is 5.60 Å². The fourth-order valence-electron chi connectivity index (χ4n) is 4.97. The number of fused-ring (bicyclic) bond motifs is 1. The van der Waals surface area contributed by atoms with E-state index in [1.54, 1.807) is 26.7 Å². The monoisotopic (exact) mass is 517 g/mol. The molecule has 2 aliphatic rings. The molecule has 2 atom stereocenters. The van der Waals surface area contributed by atoms with Crippen LogP contribution in [0, 0.1) is 5.92 Å². The summed E-state index contributed by atoms with van der Waals surface area (Å²) in [6.07, 6.45) is 6.37. The van der Waals surface area contributed by atoms with Crippen LogP contribution in [-0.2, 0) is 34.6 Å². The van der Waals surface area contributed by atoms with Gasteiger partial charge in [-0.05, 0) is 30.2 Å². The maximum Gasteiger partial charge on any atom is 0.414 e. The van der Waals surface area contributed by atoms with Crippen molar-refractivity contribution in [2.45, 2.75) is 38.5 Å². The van der Waals surface area contributed by atoms with Crippen molar-refractivity contribution in [1.82, 2.24) is 15.0 Å². The lowest BCUT2D eigenvalue weighted by Gasteiger charge is -2.27. The fourth-order valence-corrected chi connectivity index (χ4v) is 4.97. The Labute approximate surface area is 220 Å². The highest BCUT2D eigenvalue weighted by atomic mass is 16.6. The van der Waals surface area contributed by atoms with Crippen LogP contribution in [0.15, 0.2) is 66.9 Å². The second-order valence-electron chi connectivity index (χ2n) is 9.56. The molecule has 1 aromatic heterocycles. The Morgan fingerprint density at radius 1 is 1.16 bits per heavy atom. The van der Waals surface area contributed by atoms with Gasteiger partial charge >= 0.3 is 6.09 Å². The molecule has 0 saturated carbocycles. The summed E-state index contributed by atoms with van der Waals surface area (Å²) in [6.45, 7) is 3.65. The molecule has 3 aromatic rings. The lowest BCUT2D eigenvalue weighted by atomic mass is 9.83. The standard InChI is InChI=1S/C28H31N5O5/c1-20(6-4-5-14-31-19-22(13-16-34)29-30-31)28(37)24-7-2-3-8-25(24)33(26(28)35)18-21-9-11-23(12-10-21)32-15-17-38-27(32)36/h2-4,6-12,19-20,34,37H,5,13-18H2,1H3/b6-4+/t20-,28+/m1/s1. The Kier molecular flexibility index (Phi) is 7.26. The molecule has 1 saturated heterocycles. The summed E-state index contributed by atoms with van der Waals surface area (Å²) in [7, 11) is 0. The Morgan fingerprint density at radius 3 is 2.68 bits per heavy atom. The molecule has 0 bridgehead atoms. The molecule has 0 spiro atoms. The van der Waals surface area contributed by atoms with Gasteiger partial charge in [-0.2, -0.15) is 0 Å². The zero-order valence-corrected chi connectivity index (χ0v) is 21.2. The summed E-state index contributed by atoms with van der Waals surface area (Å²) in [5.74, 6) is -0.835. The van der Waals surface area contributed by atoms with Crippen molar-refractivity contribution in [3.63, 3.8) is 0 Å². The zero-order chi connectivity index (χ0) is 26.7. The van der Waals surface area contributed by atoms with Crippen molar-refractivity contribution in [3.05, 3.63) is 83.7 Å². The van der Waals surface area contributed by atoms with Crippen LogP contribution in [0.1, 0.15) is 30.2 Å². The van der Waals surface area contributed by atoms with E-state index in [2.05, 4.69) is 10.3 Å². The van der Waals surface area contributed by atoms with Gasteiger partial charge in [0.1, 0.15) is 6.61 Å². The number of nitrogens with zero attached hydrogens (tertiary/aromatic N) is 5. The van der Waals surface area contributed by atoms with Gasteiger partial charge in [-0.1, -0.05) is 54.6 Å². The van der Waals surface area contributed by atoms with Gasteiger partial charge in [0.2, 0.25) is 0 Å². The largest absolute Gasteiger partial charge is 0.447 e. The lowest BCUT2D eigenvalue weighted by Crippen LogP contribution is -2.44. The van der Waals surface area contributed by atoms with Crippen LogP contribution in [0.5, 0.6) is 0 Å². The fraction of sp³-hybridized carbons (Fsp3) is 0.357. The number of hydrogen-bond donors (Lipinski definition) is 2. The molecule has 10 heteroatoms. The third kappa shape index (κ3) is 4.80. The minimum Gasteiger partial charge on any atom is -0.447 e. The molecule has 0 radical (unpaired) electrons. The quantitative estimate of drug-likeness (QED) is 0.397. The molecule has 3 heterocycles. The maximum absolute atomic E-state index is 13.7. The smallest absolute Gasteiger partial charge is 0.414 e. The predicted molar refractivity (Wildman–Crippen MR) is 140 cm³/mol. The van der Waals surface area contributed by atoms with Gasteiger partial charge in [-0.25, -0.2) is 4.79 Å². The summed E-state index contributed by atoms with van der Waals surface area (Å²) in [5.41, 5.74) is 1.95. The Bertz CT molecular complexity index is 1340. The van der Waals surface area contributed by atoms with Crippen molar-refractivity contribution >= 4 is 23.4 Å². The number of allylic oxidation sites excluding steroid dienone is 1. The normalized spacial score (nSPS) is 19.9. The molecule has 10 nitrogen and oxygen atoms in total. The number of benzene rings is 2. The highest BCUT2D eigenvalue weighted by Crippen LogP contribution is 2.45. The number of carbonyl (C=O) groups excluding carboxylic acids is 2. The topological polar surface area (TPSA) is 121 Å². The van der Waals surface area contributed by atoms with Gasteiger partial charge in [-0.15, -0.1) is 5.10 Å². The maximum atomic E-state index is 13.7. The molecule has 198 valence electrons. The number of aliphatic hydroxyl groups is 2. The molecular formula is C28H31N5O5. The average molecular weight is 518 g/mol. The highest BCUT2D eigenvalue weighted by molar-refractivity contribution is 6.07. The van der Waals surface area contributed by atoms with Crippen LogP contribution >= 0.6 is 0 Å². The number of carbonyl (C=O) groups is 2. The third-order valence-electron chi connectivity index (χ3n) is 7.09. The number of anilines is 2. The van der Waals surface area contributed by atoms with Gasteiger partial charge < -0.3 is 19.8 Å². The van der Waals surface area contributed by atoms with Crippen LogP contribution in [0.4, 0.5) is 16.2 Å². The molecule has 2 aliphatic heterocycles. The second-order valence-corrected chi connectivity index (χ2v) is 9.56. The Morgan fingerprint density at radius 2 is 1.95 bits per heavy atom. The van der Waals surface area contributed by atoms with E-state index in [0.29, 0.717) is 50.3 Å². The number of ether oxygens (including phenoxy) is 1. The number of aryl methyl sites for hydroxylation is 1. The molecule has 2 amide bonds. The molecule has 38 heavy (non-hydrogen) atoms. The Hall–Kier alpha value is -4.02. The molecular weight excluding hydrogens is 486 g/mol. The van der Waals surface area contributed by atoms with E-state index in [0.717, 1.165) is 16.9 Å². The number of rotatable bonds is 10. The van der Waals surface area contributed by atoms with E-state index < -0.39 is 11.5 Å². The highest BCUT2D eigenvalue weighted by Gasteiger charge is 2.52. The second kappa shape index (κ2) is 10.8. The van der Waals surface area contributed by atoms with Gasteiger partial charge in [0.05, 0.1) is 24.5 Å². The SMILES string of the molecule is C[C@H](/C=C/CCn1cc(CCO)nn1)[C@@]1(O)C(=O)N(Cc2ccc(N3CCOC3=O)cc2)c2ccccc21. The van der Waals surface area contributed by atoms with Gasteiger partial charge in [-0.3, -0.25) is 14.4 Å². The summed E-state index contributed by atoms with van der Waals surface area (Å²) in [6, 6.07) is 14.8. The number of hydrogen-bond acceptors (Lipinski definition) is 7. The number of aromatic nitrogens is 3. The molecule has 0 unspecified atom stereocenters. The van der Waals surface area contributed by atoms with Gasteiger partial charge in [0.25, 0.3) is 5.91 Å². The molecule has 5 rings (SSSR count). The molecule has 2 N–H and O–H groups in total. The van der Waals surface area contributed by atoms with Crippen molar-refractivity contribution in [2.75, 3.05) is 29.6 Å². The van der Waals surface area contributed by atoms with Crippen LogP contribution in [0.25, 0.3) is 0 Å². The van der Waals surface area contributed by atoms with Crippen LogP contribution in [0.2, 0.25) is 0 Å². The Balaban J connectivity index is 1.28. The molecule has 2 aromatic carbocycles. The van der Waals surface area contributed by atoms with E-state index in [4.69, 9.17) is 9.84 Å². The number of cyclic esters (lactones) is 1. The first-order valence-electron chi connectivity index (χ1n) is 12.8. The van der Waals surface area contributed by atoms with E-state index in [1.807, 2.05) is 61.5 Å². The third-order valence-corrected chi connectivity index (χ3v) is 7.09. The summed E-state index contributed by atoms with van der Waals surface area (Å²) < 4.78 is 6.72. The first-order chi connectivity index (χ1) is 18.4. The number of aliphatic hydroxyl groups excluding tert-OH is 1. The average Bonchev–Trinajstić information content (AvgIpc) is 3.62. The number of para-hydroxylation sites is 1.